The van der Waals surface area contributed by atoms with Crippen molar-refractivity contribution in [2.75, 3.05) is 11.1 Å². The molecule has 1 atom stereocenters. The number of anilines is 1. The van der Waals surface area contributed by atoms with E-state index in [-0.39, 0.29) is 11.8 Å². The van der Waals surface area contributed by atoms with Crippen LogP contribution in [0.4, 0.5) is 5.69 Å². The molecule has 2 aromatic carbocycles. The molecule has 0 fully saturated rings. The Balaban J connectivity index is 1.97. The Morgan fingerprint density at radius 3 is 2.40 bits per heavy atom. The van der Waals surface area contributed by atoms with Gasteiger partial charge in [-0.15, -0.1) is 0 Å². The van der Waals surface area contributed by atoms with Crippen LogP contribution in [0.1, 0.15) is 22.7 Å². The van der Waals surface area contributed by atoms with Crippen LogP contribution in [0.25, 0.3) is 0 Å². The first-order valence-corrected chi connectivity index (χ1v) is 8.27. The molecule has 20 heavy (non-hydrogen) atoms. The Hall–Kier alpha value is -1.81. The van der Waals surface area contributed by atoms with Gasteiger partial charge in [-0.1, -0.05) is 24.3 Å². The fourth-order valence-corrected chi connectivity index (χ4v) is 4.57. The average Bonchev–Trinajstić information content (AvgIpc) is 2.60. The van der Waals surface area contributed by atoms with E-state index in [4.69, 9.17) is 0 Å². The lowest BCUT2D eigenvalue weighted by Crippen LogP contribution is -2.13. The molecule has 1 heterocycles. The maximum Gasteiger partial charge on any atom is 0.181 e. The second-order valence-electron chi connectivity index (χ2n) is 5.39. The minimum absolute atomic E-state index is 0.124. The summed E-state index contributed by atoms with van der Waals surface area (Å²) in [6, 6.07) is 13.3. The number of sulfone groups is 1. The van der Waals surface area contributed by atoms with Crippen LogP contribution in [0.15, 0.2) is 47.4 Å². The molecule has 1 aliphatic rings. The van der Waals surface area contributed by atoms with Crippen LogP contribution in [-0.4, -0.2) is 14.2 Å². The van der Waals surface area contributed by atoms with E-state index in [0.29, 0.717) is 4.90 Å². The summed E-state index contributed by atoms with van der Waals surface area (Å²) in [7, 11) is -3.16. The molecule has 0 aromatic heterocycles. The lowest BCUT2D eigenvalue weighted by Gasteiger charge is -2.15. The van der Waals surface area contributed by atoms with Gasteiger partial charge in [0.25, 0.3) is 0 Å². The van der Waals surface area contributed by atoms with E-state index in [0.717, 1.165) is 11.3 Å². The van der Waals surface area contributed by atoms with Crippen molar-refractivity contribution in [3.8, 4) is 0 Å². The smallest absolute Gasteiger partial charge is 0.181 e. The fourth-order valence-electron chi connectivity index (χ4n) is 2.83. The van der Waals surface area contributed by atoms with E-state index >= 15 is 0 Å². The number of aryl methyl sites for hydroxylation is 2. The molecule has 0 amide bonds. The van der Waals surface area contributed by atoms with Gasteiger partial charge < -0.3 is 5.32 Å². The minimum atomic E-state index is -3.16. The molecule has 1 N–H and O–H groups in total. The van der Waals surface area contributed by atoms with E-state index in [9.17, 15) is 8.42 Å². The van der Waals surface area contributed by atoms with E-state index in [1.807, 2.05) is 38.1 Å². The largest absolute Gasteiger partial charge is 0.377 e. The highest BCUT2D eigenvalue weighted by molar-refractivity contribution is 7.91. The van der Waals surface area contributed by atoms with Gasteiger partial charge in [0.05, 0.1) is 16.7 Å². The van der Waals surface area contributed by atoms with E-state index in [1.165, 1.54) is 11.1 Å². The van der Waals surface area contributed by atoms with Gasteiger partial charge in [0.15, 0.2) is 9.84 Å². The second-order valence-corrected chi connectivity index (χ2v) is 7.40. The Kier molecular flexibility index (Phi) is 3.05. The van der Waals surface area contributed by atoms with Gasteiger partial charge in [0.2, 0.25) is 0 Å². The zero-order chi connectivity index (χ0) is 14.3. The molecule has 2 aromatic rings. The Labute approximate surface area is 119 Å². The molecule has 3 nitrogen and oxygen atoms in total. The lowest BCUT2D eigenvalue weighted by molar-refractivity contribution is 0.598. The molecule has 0 saturated carbocycles. The van der Waals surface area contributed by atoms with E-state index in [1.54, 1.807) is 12.1 Å². The summed E-state index contributed by atoms with van der Waals surface area (Å²) in [5.74, 6) is 0.124. The Bertz CT molecular complexity index is 746. The molecule has 1 unspecified atom stereocenters. The quantitative estimate of drug-likeness (QED) is 0.922. The van der Waals surface area contributed by atoms with Crippen LogP contribution < -0.4 is 5.32 Å². The summed E-state index contributed by atoms with van der Waals surface area (Å²) >= 11 is 0. The van der Waals surface area contributed by atoms with Gasteiger partial charge in [-0.3, -0.25) is 0 Å². The van der Waals surface area contributed by atoms with Crippen molar-refractivity contribution < 1.29 is 8.42 Å². The number of hydrogen-bond acceptors (Lipinski definition) is 3. The highest BCUT2D eigenvalue weighted by Gasteiger charge is 2.34. The summed E-state index contributed by atoms with van der Waals surface area (Å²) in [6.07, 6.45) is 0. The summed E-state index contributed by atoms with van der Waals surface area (Å²) in [4.78, 5) is 0.460. The summed E-state index contributed by atoms with van der Waals surface area (Å²) < 4.78 is 24.3. The van der Waals surface area contributed by atoms with Crippen molar-refractivity contribution in [2.24, 2.45) is 0 Å². The molecule has 3 rings (SSSR count). The zero-order valence-electron chi connectivity index (χ0n) is 11.6. The fraction of sp³-hybridized carbons (Fsp3) is 0.250. The molecule has 0 bridgehead atoms. The first kappa shape index (κ1) is 13.2. The molecule has 4 heteroatoms. The zero-order valence-corrected chi connectivity index (χ0v) is 12.4. The highest BCUT2D eigenvalue weighted by atomic mass is 32.2. The first-order valence-electron chi connectivity index (χ1n) is 6.62. The van der Waals surface area contributed by atoms with Crippen LogP contribution in [0.3, 0.4) is 0 Å². The van der Waals surface area contributed by atoms with Crippen molar-refractivity contribution in [2.45, 2.75) is 24.8 Å². The number of rotatable bonds is 2. The van der Waals surface area contributed by atoms with Gasteiger partial charge in [0.1, 0.15) is 0 Å². The number of benzene rings is 2. The third kappa shape index (κ3) is 2.31. The molecular formula is C16H17NO2S. The third-order valence-electron chi connectivity index (χ3n) is 3.58. The Morgan fingerprint density at radius 1 is 1.05 bits per heavy atom. The van der Waals surface area contributed by atoms with Crippen molar-refractivity contribution in [3.63, 3.8) is 0 Å². The predicted octanol–water partition coefficient (Wildman–Crippen LogP) is 3.24. The minimum Gasteiger partial charge on any atom is -0.377 e. The van der Waals surface area contributed by atoms with E-state index < -0.39 is 9.84 Å². The standard InChI is InChI=1S/C16H17NO2S/c1-11-7-12(2)9-13(8-11)17-15-10-20(18,19)16-6-4-3-5-14(15)16/h3-9,15,17H,10H2,1-2H3. The van der Waals surface area contributed by atoms with Crippen LogP contribution in [0.5, 0.6) is 0 Å². The molecule has 0 radical (unpaired) electrons. The lowest BCUT2D eigenvalue weighted by atomic mass is 10.1. The van der Waals surface area contributed by atoms with E-state index in [2.05, 4.69) is 11.4 Å². The molecular weight excluding hydrogens is 270 g/mol. The summed E-state index contributed by atoms with van der Waals surface area (Å²) in [6.45, 7) is 4.08. The van der Waals surface area contributed by atoms with Crippen LogP contribution in [0.2, 0.25) is 0 Å². The predicted molar refractivity (Wildman–Crippen MR) is 80.8 cm³/mol. The average molecular weight is 287 g/mol. The van der Waals surface area contributed by atoms with Crippen LogP contribution in [-0.2, 0) is 9.84 Å². The number of nitrogens with one attached hydrogen (secondary N) is 1. The van der Waals surface area contributed by atoms with Gasteiger partial charge in [-0.05, 0) is 48.7 Å². The normalized spacial score (nSPS) is 19.6. The van der Waals surface area contributed by atoms with Gasteiger partial charge >= 0.3 is 0 Å². The van der Waals surface area contributed by atoms with Crippen LogP contribution >= 0.6 is 0 Å². The molecule has 0 aliphatic carbocycles. The first-order chi connectivity index (χ1) is 9.45. The molecule has 0 saturated heterocycles. The van der Waals surface area contributed by atoms with Gasteiger partial charge in [-0.2, -0.15) is 0 Å². The SMILES string of the molecule is Cc1cc(C)cc(NC2CS(=O)(=O)c3ccccc32)c1. The summed E-state index contributed by atoms with van der Waals surface area (Å²) in [5.41, 5.74) is 4.18. The second kappa shape index (κ2) is 4.63. The molecule has 104 valence electrons. The van der Waals surface area contributed by atoms with Crippen molar-refractivity contribution in [1.29, 1.82) is 0 Å². The monoisotopic (exact) mass is 287 g/mol. The van der Waals surface area contributed by atoms with Crippen molar-refractivity contribution in [3.05, 3.63) is 59.2 Å². The van der Waals surface area contributed by atoms with Crippen LogP contribution in [0, 0.1) is 13.8 Å². The summed E-state index contributed by atoms with van der Waals surface area (Å²) in [5, 5.41) is 3.36. The van der Waals surface area contributed by atoms with Gasteiger partial charge in [0, 0.05) is 5.69 Å². The van der Waals surface area contributed by atoms with Crippen molar-refractivity contribution in [1.82, 2.24) is 0 Å². The Morgan fingerprint density at radius 2 is 1.70 bits per heavy atom. The van der Waals surface area contributed by atoms with Gasteiger partial charge in [-0.25, -0.2) is 8.42 Å². The third-order valence-corrected chi connectivity index (χ3v) is 5.39. The topological polar surface area (TPSA) is 46.2 Å². The highest BCUT2D eigenvalue weighted by Crippen LogP contribution is 2.35. The number of fused-ring (bicyclic) bond motifs is 1. The molecule has 1 aliphatic heterocycles. The maximum absolute atomic E-state index is 12.1. The molecule has 0 spiro atoms. The number of hydrogen-bond donors (Lipinski definition) is 1. The van der Waals surface area contributed by atoms with Crippen molar-refractivity contribution >= 4 is 15.5 Å². The maximum atomic E-state index is 12.1.